The largest absolute Gasteiger partial charge is 0.399 e. The van der Waals surface area contributed by atoms with E-state index in [-0.39, 0.29) is 0 Å². The Morgan fingerprint density at radius 2 is 1.97 bits per heavy atom. The monoisotopic (exact) mass is 514 g/mol. The van der Waals surface area contributed by atoms with E-state index in [0.717, 1.165) is 51.0 Å². The highest BCUT2D eigenvalue weighted by Gasteiger charge is 2.35. The minimum atomic E-state index is -4.36. The Labute approximate surface area is 204 Å². The van der Waals surface area contributed by atoms with Gasteiger partial charge in [0.05, 0.1) is 28.8 Å². The maximum Gasteiger partial charge on any atom is 0.399 e. The molecule has 1 aromatic heterocycles. The van der Waals surface area contributed by atoms with Crippen LogP contribution in [0.1, 0.15) is 43.0 Å². The Morgan fingerprint density at radius 1 is 1.26 bits per heavy atom. The molecule has 1 aromatic rings. The number of likely N-dealkylation sites (tertiary alicyclic amines) is 1. The van der Waals surface area contributed by atoms with Gasteiger partial charge in [0.2, 0.25) is 0 Å². The smallest absolute Gasteiger partial charge is 0.370 e. The molecule has 35 heavy (non-hydrogen) atoms. The number of anilines is 1. The number of allylic oxidation sites excluding steroid dienone is 2. The van der Waals surface area contributed by atoms with Gasteiger partial charge in [0.1, 0.15) is 17.4 Å². The number of nitrogens with two attached hydrogens (primary N) is 1. The van der Waals surface area contributed by atoms with Crippen LogP contribution in [0.2, 0.25) is 0 Å². The lowest BCUT2D eigenvalue weighted by atomic mass is 10.0. The topological polar surface area (TPSA) is 69.5 Å². The number of aromatic nitrogens is 1. The van der Waals surface area contributed by atoms with E-state index < -0.39 is 35.8 Å². The minimum Gasteiger partial charge on any atom is -0.370 e. The standard InChI is InChI=1S/C23H27F5N6S/c1-14(33-6-4-2-3-5-7-33)18-9-19(32-35-13-23(26,27)28)16(10-30-18)21(29)20-11-31-22-17(25)8-15(24)12-34(20)22/h8-12,21-22,31H,1-7,13,29H2,(H,30,32). The molecule has 0 spiro atoms. The predicted octanol–water partition coefficient (Wildman–Crippen LogP) is 5.30. The third-order valence-electron chi connectivity index (χ3n) is 6.05. The van der Waals surface area contributed by atoms with Gasteiger partial charge in [-0.1, -0.05) is 19.4 Å². The normalized spacial score (nSPS) is 21.3. The van der Waals surface area contributed by atoms with Crippen LogP contribution in [0, 0.1) is 0 Å². The van der Waals surface area contributed by atoms with Gasteiger partial charge in [0.25, 0.3) is 0 Å². The molecule has 3 aliphatic rings. The fourth-order valence-electron chi connectivity index (χ4n) is 4.28. The first-order valence-corrected chi connectivity index (χ1v) is 12.3. The minimum absolute atomic E-state index is 0.328. The average Bonchev–Trinajstić information content (AvgIpc) is 3.03. The molecule has 6 nitrogen and oxygen atoms in total. The zero-order valence-corrected chi connectivity index (χ0v) is 19.7. The molecule has 1 saturated heterocycles. The van der Waals surface area contributed by atoms with E-state index in [1.807, 2.05) is 0 Å². The second kappa shape index (κ2) is 10.5. The summed E-state index contributed by atoms with van der Waals surface area (Å²) in [6.45, 7) is 5.83. The van der Waals surface area contributed by atoms with Gasteiger partial charge in [-0.05, 0) is 30.9 Å². The summed E-state index contributed by atoms with van der Waals surface area (Å²) in [5, 5.41) is 2.80. The van der Waals surface area contributed by atoms with Crippen molar-refractivity contribution in [3.63, 3.8) is 0 Å². The van der Waals surface area contributed by atoms with E-state index in [1.54, 1.807) is 6.07 Å². The van der Waals surface area contributed by atoms with Crippen molar-refractivity contribution < 1.29 is 22.0 Å². The fourth-order valence-corrected chi connectivity index (χ4v) is 4.85. The van der Waals surface area contributed by atoms with Gasteiger partial charge >= 0.3 is 6.18 Å². The molecule has 0 bridgehead atoms. The van der Waals surface area contributed by atoms with Crippen LogP contribution in [-0.2, 0) is 0 Å². The Morgan fingerprint density at radius 3 is 2.66 bits per heavy atom. The van der Waals surface area contributed by atoms with Crippen molar-refractivity contribution in [1.29, 1.82) is 0 Å². The molecule has 2 atom stereocenters. The molecule has 4 rings (SSSR count). The molecule has 3 aliphatic heterocycles. The third kappa shape index (κ3) is 5.92. The molecule has 12 heteroatoms. The second-order valence-corrected chi connectivity index (χ2v) is 9.36. The van der Waals surface area contributed by atoms with E-state index >= 15 is 0 Å². The molecule has 1 fully saturated rings. The van der Waals surface area contributed by atoms with Gasteiger partial charge < -0.3 is 25.6 Å². The number of hydrogen-bond donors (Lipinski definition) is 3. The maximum atomic E-state index is 14.2. The summed E-state index contributed by atoms with van der Waals surface area (Å²) in [5.74, 6) is -2.61. The number of halogens is 5. The van der Waals surface area contributed by atoms with Crippen molar-refractivity contribution in [3.8, 4) is 0 Å². The highest BCUT2D eigenvalue weighted by molar-refractivity contribution is 8.00. The van der Waals surface area contributed by atoms with Crippen LogP contribution in [-0.4, -0.2) is 46.0 Å². The van der Waals surface area contributed by atoms with E-state index in [4.69, 9.17) is 5.73 Å². The van der Waals surface area contributed by atoms with Crippen LogP contribution in [0.15, 0.2) is 54.7 Å². The van der Waals surface area contributed by atoms with E-state index in [2.05, 4.69) is 26.5 Å². The molecule has 0 aliphatic carbocycles. The molecule has 4 N–H and O–H groups in total. The first-order valence-electron chi connectivity index (χ1n) is 11.3. The number of pyridine rings is 1. The average molecular weight is 515 g/mol. The van der Waals surface area contributed by atoms with Crippen molar-refractivity contribution in [1.82, 2.24) is 20.1 Å². The summed E-state index contributed by atoms with van der Waals surface area (Å²) >= 11 is 0.479. The molecule has 0 aromatic carbocycles. The first kappa shape index (κ1) is 25.4. The summed E-state index contributed by atoms with van der Waals surface area (Å²) in [6.07, 6.45) is 3.88. The molecule has 0 saturated carbocycles. The van der Waals surface area contributed by atoms with Crippen molar-refractivity contribution >= 4 is 23.3 Å². The maximum absolute atomic E-state index is 14.2. The molecular weight excluding hydrogens is 487 g/mol. The molecule has 0 amide bonds. The lowest BCUT2D eigenvalue weighted by Gasteiger charge is -2.30. The lowest BCUT2D eigenvalue weighted by molar-refractivity contribution is -0.105. The molecule has 2 unspecified atom stereocenters. The summed E-state index contributed by atoms with van der Waals surface area (Å²) in [4.78, 5) is 7.95. The van der Waals surface area contributed by atoms with E-state index in [0.29, 0.717) is 40.3 Å². The van der Waals surface area contributed by atoms with Crippen molar-refractivity contribution in [2.45, 2.75) is 44.1 Å². The quantitative estimate of drug-likeness (QED) is 0.337. The van der Waals surface area contributed by atoms with Gasteiger partial charge in [0.15, 0.2) is 6.17 Å². The number of rotatable bonds is 7. The highest BCUT2D eigenvalue weighted by atomic mass is 32.2. The van der Waals surface area contributed by atoms with Gasteiger partial charge in [0, 0.05) is 43.3 Å². The Bertz CT molecular complexity index is 1050. The lowest BCUT2D eigenvalue weighted by Crippen LogP contribution is -2.37. The van der Waals surface area contributed by atoms with Crippen LogP contribution >= 0.6 is 11.9 Å². The summed E-state index contributed by atoms with van der Waals surface area (Å²) in [5.41, 5.74) is 8.72. The van der Waals surface area contributed by atoms with E-state index in [9.17, 15) is 22.0 Å². The van der Waals surface area contributed by atoms with Gasteiger partial charge in [-0.3, -0.25) is 4.98 Å². The van der Waals surface area contributed by atoms with Crippen molar-refractivity contribution in [2.24, 2.45) is 5.73 Å². The highest BCUT2D eigenvalue weighted by Crippen LogP contribution is 2.37. The van der Waals surface area contributed by atoms with Crippen LogP contribution in [0.25, 0.3) is 5.70 Å². The number of hydrogen-bond acceptors (Lipinski definition) is 7. The van der Waals surface area contributed by atoms with Crippen LogP contribution in [0.5, 0.6) is 0 Å². The fraction of sp³-hybridized carbons (Fsp3) is 0.435. The summed E-state index contributed by atoms with van der Waals surface area (Å²) < 4.78 is 69.2. The zero-order chi connectivity index (χ0) is 25.2. The summed E-state index contributed by atoms with van der Waals surface area (Å²) in [7, 11) is 0. The van der Waals surface area contributed by atoms with Crippen LogP contribution in [0.3, 0.4) is 0 Å². The summed E-state index contributed by atoms with van der Waals surface area (Å²) in [6, 6.07) is 0.698. The number of fused-ring (bicyclic) bond motifs is 1. The SMILES string of the molecule is C=C(c1cc(NSCC(F)(F)F)c(C(N)C2=CNC3C(F)=CC(F)=CN23)cn1)N1CCCCCC1. The Balaban J connectivity index is 1.61. The van der Waals surface area contributed by atoms with Gasteiger partial charge in [-0.2, -0.15) is 13.2 Å². The predicted molar refractivity (Wildman–Crippen MR) is 128 cm³/mol. The number of alkyl halides is 3. The van der Waals surface area contributed by atoms with E-state index in [1.165, 1.54) is 17.3 Å². The van der Waals surface area contributed by atoms with Crippen molar-refractivity contribution in [2.75, 3.05) is 23.6 Å². The van der Waals surface area contributed by atoms with Gasteiger partial charge in [-0.25, -0.2) is 8.78 Å². The van der Waals surface area contributed by atoms with Gasteiger partial charge in [-0.15, -0.1) is 0 Å². The Hall–Kier alpha value is -2.73. The molecule has 0 radical (unpaired) electrons. The number of nitrogens with zero attached hydrogens (tertiary/aromatic N) is 3. The van der Waals surface area contributed by atoms with Crippen LogP contribution < -0.4 is 15.8 Å². The molecular formula is C23H27F5N6S. The molecule has 190 valence electrons. The molecule has 4 heterocycles. The third-order valence-corrected chi connectivity index (χ3v) is 6.89. The van der Waals surface area contributed by atoms with Crippen LogP contribution in [0.4, 0.5) is 27.6 Å². The second-order valence-electron chi connectivity index (χ2n) is 8.58. The van der Waals surface area contributed by atoms with Crippen molar-refractivity contribution in [3.05, 3.63) is 65.9 Å². The first-order chi connectivity index (χ1) is 16.6. The number of nitrogens with one attached hydrogen (secondary N) is 2. The zero-order valence-electron chi connectivity index (χ0n) is 18.9. The Kier molecular flexibility index (Phi) is 7.60.